The Morgan fingerprint density at radius 3 is 2.56 bits per heavy atom. The van der Waals surface area contributed by atoms with Crippen LogP contribution in [-0.2, 0) is 13.0 Å². The fourth-order valence-electron chi connectivity index (χ4n) is 4.11. The minimum Gasteiger partial charge on any atom is -0.357 e. The van der Waals surface area contributed by atoms with E-state index < -0.39 is 0 Å². The van der Waals surface area contributed by atoms with Gasteiger partial charge in [-0.25, -0.2) is 9.98 Å². The lowest BCUT2D eigenvalue weighted by atomic mass is 9.92. The Morgan fingerprint density at radius 1 is 1.19 bits per heavy atom. The molecule has 2 N–H and O–H groups in total. The average molecular weight is 506 g/mol. The van der Waals surface area contributed by atoms with Gasteiger partial charge in [-0.15, -0.1) is 35.3 Å². The molecule has 2 aliphatic rings. The molecule has 0 bridgehead atoms. The predicted molar refractivity (Wildman–Crippen MR) is 126 cm³/mol. The van der Waals surface area contributed by atoms with E-state index in [-0.39, 0.29) is 24.0 Å². The second-order valence-electron chi connectivity index (χ2n) is 7.53. The van der Waals surface area contributed by atoms with Crippen molar-refractivity contribution in [1.29, 1.82) is 0 Å². The number of halogens is 1. The third kappa shape index (κ3) is 7.16. The number of hydrogen-bond donors (Lipinski definition) is 2. The topological polar surface area (TPSA) is 52.6 Å². The highest BCUT2D eigenvalue weighted by Gasteiger charge is 2.26. The molecule has 2 fully saturated rings. The number of nitrogens with one attached hydrogen (secondary N) is 2. The zero-order valence-electron chi connectivity index (χ0n) is 16.9. The van der Waals surface area contributed by atoms with E-state index in [2.05, 4.69) is 39.7 Å². The molecule has 0 atom stereocenters. The van der Waals surface area contributed by atoms with Gasteiger partial charge in [0.15, 0.2) is 5.96 Å². The Balaban J connectivity index is 0.00000261. The molecule has 2 heterocycles. The van der Waals surface area contributed by atoms with E-state index >= 15 is 0 Å². The molecule has 0 radical (unpaired) electrons. The first-order valence-electron chi connectivity index (χ1n) is 10.5. The van der Waals surface area contributed by atoms with Gasteiger partial charge in [0.25, 0.3) is 0 Å². The minimum absolute atomic E-state index is 0. The number of nitrogens with zero attached hydrogens (tertiary/aromatic N) is 3. The van der Waals surface area contributed by atoms with Crippen molar-refractivity contribution in [3.8, 4) is 0 Å². The van der Waals surface area contributed by atoms with Gasteiger partial charge >= 0.3 is 0 Å². The first kappa shape index (κ1) is 22.9. The fourth-order valence-corrected chi connectivity index (χ4v) is 4.85. The van der Waals surface area contributed by atoms with Gasteiger partial charge in [-0.3, -0.25) is 0 Å². The molecule has 0 amide bonds. The highest BCUT2D eigenvalue weighted by Crippen LogP contribution is 2.25. The molecule has 7 heteroatoms. The van der Waals surface area contributed by atoms with Crippen LogP contribution >= 0.6 is 35.3 Å². The highest BCUT2D eigenvalue weighted by atomic mass is 127. The number of aryl methyl sites for hydroxylation is 1. The van der Waals surface area contributed by atoms with Crippen LogP contribution in [0.15, 0.2) is 10.4 Å². The van der Waals surface area contributed by atoms with Crippen LogP contribution in [-0.4, -0.2) is 47.6 Å². The van der Waals surface area contributed by atoms with E-state index in [0.29, 0.717) is 12.6 Å². The monoisotopic (exact) mass is 505 g/mol. The Labute approximate surface area is 185 Å². The summed E-state index contributed by atoms with van der Waals surface area (Å²) in [6, 6.07) is 1.39. The largest absolute Gasteiger partial charge is 0.357 e. The average Bonchev–Trinajstić information content (AvgIpc) is 3.16. The number of rotatable bonds is 6. The maximum absolute atomic E-state index is 4.76. The Kier molecular flexibility index (Phi) is 10.3. The van der Waals surface area contributed by atoms with Gasteiger partial charge in [0.05, 0.1) is 17.2 Å². The van der Waals surface area contributed by atoms with E-state index in [9.17, 15) is 0 Å². The first-order chi connectivity index (χ1) is 12.8. The van der Waals surface area contributed by atoms with Gasteiger partial charge in [0.1, 0.15) is 0 Å². The second kappa shape index (κ2) is 12.2. The smallest absolute Gasteiger partial charge is 0.191 e. The zero-order valence-corrected chi connectivity index (χ0v) is 20.0. The van der Waals surface area contributed by atoms with Gasteiger partial charge in [-0.05, 0) is 39.0 Å². The lowest BCUT2D eigenvalue weighted by Gasteiger charge is -2.39. The lowest BCUT2D eigenvalue weighted by molar-refractivity contribution is 0.119. The van der Waals surface area contributed by atoms with Crippen LogP contribution in [0.4, 0.5) is 0 Å². The Morgan fingerprint density at radius 2 is 1.93 bits per heavy atom. The summed E-state index contributed by atoms with van der Waals surface area (Å²) in [6.45, 7) is 8.29. The van der Waals surface area contributed by atoms with Crippen molar-refractivity contribution in [3.05, 3.63) is 16.1 Å². The van der Waals surface area contributed by atoms with Gasteiger partial charge in [0.2, 0.25) is 0 Å². The molecule has 154 valence electrons. The highest BCUT2D eigenvalue weighted by molar-refractivity contribution is 14.0. The SMILES string of the molecule is CCNC(=NCc1csc(CC)n1)NC1CCN(C2CCCCC2)CC1.I. The summed E-state index contributed by atoms with van der Waals surface area (Å²) in [5.41, 5.74) is 1.08. The number of thiazole rings is 1. The molecular formula is C20H36IN5S. The van der Waals surface area contributed by atoms with E-state index in [1.54, 1.807) is 11.3 Å². The fraction of sp³-hybridized carbons (Fsp3) is 0.800. The molecule has 1 aromatic heterocycles. The van der Waals surface area contributed by atoms with E-state index in [1.807, 2.05) is 0 Å². The van der Waals surface area contributed by atoms with Crippen molar-refractivity contribution in [2.45, 2.75) is 83.8 Å². The molecule has 0 aromatic carbocycles. The van der Waals surface area contributed by atoms with Crippen LogP contribution in [0.2, 0.25) is 0 Å². The summed E-state index contributed by atoms with van der Waals surface area (Å²) in [4.78, 5) is 12.1. The van der Waals surface area contributed by atoms with Crippen LogP contribution in [0.1, 0.15) is 69.5 Å². The van der Waals surface area contributed by atoms with Crippen molar-refractivity contribution in [2.75, 3.05) is 19.6 Å². The van der Waals surface area contributed by atoms with Crippen LogP contribution in [0, 0.1) is 0 Å². The summed E-state index contributed by atoms with van der Waals surface area (Å²) < 4.78 is 0. The van der Waals surface area contributed by atoms with Crippen molar-refractivity contribution in [2.24, 2.45) is 4.99 Å². The summed E-state index contributed by atoms with van der Waals surface area (Å²) in [5, 5.41) is 10.4. The van der Waals surface area contributed by atoms with Crippen molar-refractivity contribution in [3.63, 3.8) is 0 Å². The van der Waals surface area contributed by atoms with Crippen molar-refractivity contribution >= 4 is 41.3 Å². The zero-order chi connectivity index (χ0) is 18.2. The Hall–Kier alpha value is -0.410. The van der Waals surface area contributed by atoms with Crippen LogP contribution in [0.5, 0.6) is 0 Å². The summed E-state index contributed by atoms with van der Waals surface area (Å²) in [7, 11) is 0. The summed E-state index contributed by atoms with van der Waals surface area (Å²) >= 11 is 1.74. The number of likely N-dealkylation sites (tertiary alicyclic amines) is 1. The van der Waals surface area contributed by atoms with E-state index in [4.69, 9.17) is 4.99 Å². The normalized spacial score (nSPS) is 20.3. The van der Waals surface area contributed by atoms with Crippen LogP contribution in [0.25, 0.3) is 0 Å². The van der Waals surface area contributed by atoms with Crippen molar-refractivity contribution < 1.29 is 0 Å². The lowest BCUT2D eigenvalue weighted by Crippen LogP contribution is -2.50. The predicted octanol–water partition coefficient (Wildman–Crippen LogP) is 4.18. The van der Waals surface area contributed by atoms with E-state index in [1.165, 1.54) is 63.0 Å². The molecule has 5 nitrogen and oxygen atoms in total. The van der Waals surface area contributed by atoms with Gasteiger partial charge in [-0.2, -0.15) is 0 Å². The molecule has 0 unspecified atom stereocenters. The van der Waals surface area contributed by atoms with Gasteiger partial charge in [-0.1, -0.05) is 26.2 Å². The maximum Gasteiger partial charge on any atom is 0.191 e. The summed E-state index contributed by atoms with van der Waals surface area (Å²) in [6.07, 6.45) is 10.6. The number of piperidine rings is 1. The first-order valence-corrected chi connectivity index (χ1v) is 11.4. The molecule has 1 aromatic rings. The minimum atomic E-state index is 0. The quantitative estimate of drug-likeness (QED) is 0.346. The van der Waals surface area contributed by atoms with Gasteiger partial charge < -0.3 is 15.5 Å². The van der Waals surface area contributed by atoms with E-state index in [0.717, 1.165) is 30.7 Å². The third-order valence-corrected chi connectivity index (χ3v) is 6.65. The molecule has 27 heavy (non-hydrogen) atoms. The summed E-state index contributed by atoms with van der Waals surface area (Å²) in [5.74, 6) is 0.940. The number of hydrogen-bond acceptors (Lipinski definition) is 4. The second-order valence-corrected chi connectivity index (χ2v) is 8.47. The number of guanidine groups is 1. The van der Waals surface area contributed by atoms with Crippen LogP contribution < -0.4 is 10.6 Å². The molecule has 1 saturated carbocycles. The molecule has 3 rings (SSSR count). The maximum atomic E-state index is 4.76. The number of aliphatic imine (C=N–C) groups is 1. The molecule has 0 spiro atoms. The van der Waals surface area contributed by atoms with Crippen molar-refractivity contribution in [1.82, 2.24) is 20.5 Å². The molecule has 1 aliphatic heterocycles. The standard InChI is InChI=1S/C20H35N5S.HI/c1-3-19-23-17(15-26-19)14-22-20(21-4-2)24-16-10-12-25(13-11-16)18-8-6-5-7-9-18;/h15-16,18H,3-14H2,1-2H3,(H2,21,22,24);1H. The Bertz CT molecular complexity index is 562. The third-order valence-electron chi connectivity index (χ3n) is 5.61. The number of aromatic nitrogens is 1. The molecule has 1 saturated heterocycles. The van der Waals surface area contributed by atoms with Crippen LogP contribution in [0.3, 0.4) is 0 Å². The van der Waals surface area contributed by atoms with Gasteiger partial charge in [0, 0.05) is 37.1 Å². The molecule has 1 aliphatic carbocycles. The molecular weight excluding hydrogens is 469 g/mol.